The van der Waals surface area contributed by atoms with E-state index >= 15 is 0 Å². The predicted octanol–water partition coefficient (Wildman–Crippen LogP) is 2.89. The molecular formula is C21H26N4O3S. The van der Waals surface area contributed by atoms with Gasteiger partial charge >= 0.3 is 0 Å². The summed E-state index contributed by atoms with van der Waals surface area (Å²) < 4.78 is 29.1. The summed E-state index contributed by atoms with van der Waals surface area (Å²) in [5.41, 5.74) is 3.10. The Morgan fingerprint density at radius 3 is 2.31 bits per heavy atom. The standard InChI is InChI=1S/C21H26N4O3S/c1-6-25-19-12-9-16(21(26)23(3)4)13-18(19)22-20(25)14-24(5)29(27,28)17-10-7-15(2)8-11-17/h7-13H,6,14H2,1-5H3. The van der Waals surface area contributed by atoms with E-state index < -0.39 is 10.0 Å². The molecule has 0 saturated carbocycles. The molecule has 0 bridgehead atoms. The molecule has 7 nitrogen and oxygen atoms in total. The van der Waals surface area contributed by atoms with Crippen molar-refractivity contribution in [3.63, 3.8) is 0 Å². The first-order valence-corrected chi connectivity index (χ1v) is 10.8. The summed E-state index contributed by atoms with van der Waals surface area (Å²) in [7, 11) is 1.32. The Labute approximate surface area is 171 Å². The summed E-state index contributed by atoms with van der Waals surface area (Å²) in [5.74, 6) is 0.536. The zero-order chi connectivity index (χ0) is 21.3. The van der Waals surface area contributed by atoms with E-state index in [1.807, 2.05) is 24.5 Å². The number of sulfonamides is 1. The fraction of sp³-hybridized carbons (Fsp3) is 0.333. The van der Waals surface area contributed by atoms with Crippen LogP contribution in [0.1, 0.15) is 28.7 Å². The van der Waals surface area contributed by atoms with Crippen molar-refractivity contribution in [3.8, 4) is 0 Å². The minimum Gasteiger partial charge on any atom is -0.345 e. The molecule has 0 aliphatic carbocycles. The minimum absolute atomic E-state index is 0.0986. The van der Waals surface area contributed by atoms with E-state index in [1.54, 1.807) is 57.5 Å². The molecule has 1 aromatic heterocycles. The topological polar surface area (TPSA) is 75.5 Å². The van der Waals surface area contributed by atoms with Gasteiger partial charge in [-0.25, -0.2) is 13.4 Å². The van der Waals surface area contributed by atoms with Gasteiger partial charge in [0.1, 0.15) is 5.82 Å². The maximum absolute atomic E-state index is 12.9. The van der Waals surface area contributed by atoms with Crippen LogP contribution >= 0.6 is 0 Å². The molecule has 0 saturated heterocycles. The molecule has 0 N–H and O–H groups in total. The van der Waals surface area contributed by atoms with Crippen LogP contribution in [0.3, 0.4) is 0 Å². The number of benzene rings is 2. The van der Waals surface area contributed by atoms with Crippen LogP contribution in [0.4, 0.5) is 0 Å². The van der Waals surface area contributed by atoms with E-state index in [0.29, 0.717) is 23.4 Å². The Bertz CT molecular complexity index is 1150. The summed E-state index contributed by atoms with van der Waals surface area (Å²) in [4.78, 5) is 18.6. The second kappa shape index (κ2) is 7.96. The van der Waals surface area contributed by atoms with Crippen LogP contribution < -0.4 is 0 Å². The summed E-state index contributed by atoms with van der Waals surface area (Å²) in [6.45, 7) is 4.68. The van der Waals surface area contributed by atoms with Crippen molar-refractivity contribution in [2.24, 2.45) is 0 Å². The molecule has 0 aliphatic rings. The molecule has 0 spiro atoms. The lowest BCUT2D eigenvalue weighted by molar-refractivity contribution is 0.0827. The fourth-order valence-electron chi connectivity index (χ4n) is 3.22. The third-order valence-corrected chi connectivity index (χ3v) is 6.71. The number of hydrogen-bond acceptors (Lipinski definition) is 4. The first-order chi connectivity index (χ1) is 13.6. The summed E-state index contributed by atoms with van der Waals surface area (Å²) in [6, 6.07) is 12.2. The molecule has 3 rings (SSSR count). The van der Waals surface area contributed by atoms with Crippen LogP contribution in [-0.2, 0) is 23.1 Å². The van der Waals surface area contributed by atoms with Crippen LogP contribution in [0.15, 0.2) is 47.4 Å². The molecule has 0 aliphatic heterocycles. The molecule has 154 valence electrons. The predicted molar refractivity (Wildman–Crippen MR) is 113 cm³/mol. The highest BCUT2D eigenvalue weighted by molar-refractivity contribution is 7.89. The molecule has 8 heteroatoms. The average Bonchev–Trinajstić information content (AvgIpc) is 3.03. The lowest BCUT2D eigenvalue weighted by Crippen LogP contribution is -2.28. The number of rotatable bonds is 6. The van der Waals surface area contributed by atoms with Gasteiger partial charge in [-0.2, -0.15) is 4.31 Å². The summed E-state index contributed by atoms with van der Waals surface area (Å²) in [6.07, 6.45) is 0. The number of aryl methyl sites for hydroxylation is 2. The Morgan fingerprint density at radius 1 is 1.07 bits per heavy atom. The zero-order valence-corrected chi connectivity index (χ0v) is 18.2. The van der Waals surface area contributed by atoms with Crippen molar-refractivity contribution in [2.75, 3.05) is 21.1 Å². The quantitative estimate of drug-likeness (QED) is 0.622. The second-order valence-corrected chi connectivity index (χ2v) is 9.29. The number of amides is 1. The van der Waals surface area contributed by atoms with Gasteiger partial charge in [0.15, 0.2) is 0 Å². The number of nitrogens with zero attached hydrogens (tertiary/aromatic N) is 4. The highest BCUT2D eigenvalue weighted by Gasteiger charge is 2.23. The number of aromatic nitrogens is 2. The van der Waals surface area contributed by atoms with Gasteiger partial charge in [0, 0.05) is 33.3 Å². The summed E-state index contributed by atoms with van der Waals surface area (Å²) in [5, 5.41) is 0. The molecule has 1 heterocycles. The Kier molecular flexibility index (Phi) is 5.77. The van der Waals surface area contributed by atoms with Gasteiger partial charge in [-0.05, 0) is 44.2 Å². The molecule has 0 unspecified atom stereocenters. The van der Waals surface area contributed by atoms with Crippen molar-refractivity contribution < 1.29 is 13.2 Å². The van der Waals surface area contributed by atoms with E-state index in [0.717, 1.165) is 11.1 Å². The second-order valence-electron chi connectivity index (χ2n) is 7.25. The maximum Gasteiger partial charge on any atom is 0.253 e. The molecule has 0 fully saturated rings. The lowest BCUT2D eigenvalue weighted by Gasteiger charge is -2.17. The van der Waals surface area contributed by atoms with E-state index in [-0.39, 0.29) is 17.3 Å². The molecule has 1 amide bonds. The van der Waals surface area contributed by atoms with Gasteiger partial charge in [-0.15, -0.1) is 0 Å². The number of carbonyl (C=O) groups is 1. The lowest BCUT2D eigenvalue weighted by atomic mass is 10.2. The molecular weight excluding hydrogens is 388 g/mol. The van der Waals surface area contributed by atoms with Gasteiger partial charge < -0.3 is 9.47 Å². The van der Waals surface area contributed by atoms with Crippen LogP contribution in [0, 0.1) is 6.92 Å². The molecule has 0 radical (unpaired) electrons. The minimum atomic E-state index is -3.63. The van der Waals surface area contributed by atoms with Gasteiger partial charge in [0.25, 0.3) is 5.91 Å². The third-order valence-electron chi connectivity index (χ3n) is 4.89. The van der Waals surface area contributed by atoms with E-state index in [2.05, 4.69) is 4.98 Å². The maximum atomic E-state index is 12.9. The van der Waals surface area contributed by atoms with Crippen molar-refractivity contribution in [1.82, 2.24) is 18.8 Å². The smallest absolute Gasteiger partial charge is 0.253 e. The van der Waals surface area contributed by atoms with Crippen LogP contribution in [-0.4, -0.2) is 54.2 Å². The first kappa shape index (κ1) is 21.0. The summed E-state index contributed by atoms with van der Waals surface area (Å²) >= 11 is 0. The average molecular weight is 415 g/mol. The Hall–Kier alpha value is -2.71. The monoisotopic (exact) mass is 414 g/mol. The number of hydrogen-bond donors (Lipinski definition) is 0. The third kappa shape index (κ3) is 4.04. The van der Waals surface area contributed by atoms with Gasteiger partial charge in [-0.3, -0.25) is 4.79 Å². The highest BCUT2D eigenvalue weighted by atomic mass is 32.2. The number of imidazole rings is 1. The largest absolute Gasteiger partial charge is 0.345 e. The van der Waals surface area contributed by atoms with Crippen molar-refractivity contribution in [3.05, 3.63) is 59.4 Å². The van der Waals surface area contributed by atoms with Crippen LogP contribution in [0.5, 0.6) is 0 Å². The number of fused-ring (bicyclic) bond motifs is 1. The first-order valence-electron chi connectivity index (χ1n) is 9.39. The van der Waals surface area contributed by atoms with Crippen LogP contribution in [0.25, 0.3) is 11.0 Å². The molecule has 29 heavy (non-hydrogen) atoms. The molecule has 3 aromatic rings. The SMILES string of the molecule is CCn1c(CN(C)S(=O)(=O)c2ccc(C)cc2)nc2cc(C(=O)N(C)C)ccc21. The van der Waals surface area contributed by atoms with Gasteiger partial charge in [-0.1, -0.05) is 17.7 Å². The normalized spacial score (nSPS) is 11.9. The zero-order valence-electron chi connectivity index (χ0n) is 17.4. The van der Waals surface area contributed by atoms with E-state index in [4.69, 9.17) is 0 Å². The van der Waals surface area contributed by atoms with Crippen molar-refractivity contribution in [2.45, 2.75) is 31.8 Å². The number of carbonyl (C=O) groups excluding carboxylic acids is 1. The molecule has 2 aromatic carbocycles. The Morgan fingerprint density at radius 2 is 1.72 bits per heavy atom. The molecule has 0 atom stereocenters. The fourth-order valence-corrected chi connectivity index (χ4v) is 4.34. The Balaban J connectivity index is 1.96. The van der Waals surface area contributed by atoms with E-state index in [9.17, 15) is 13.2 Å². The van der Waals surface area contributed by atoms with Crippen LogP contribution in [0.2, 0.25) is 0 Å². The van der Waals surface area contributed by atoms with Gasteiger partial charge in [0.05, 0.1) is 22.5 Å². The van der Waals surface area contributed by atoms with Crippen molar-refractivity contribution >= 4 is 27.0 Å². The highest BCUT2D eigenvalue weighted by Crippen LogP contribution is 2.22. The van der Waals surface area contributed by atoms with Crippen molar-refractivity contribution in [1.29, 1.82) is 0 Å². The van der Waals surface area contributed by atoms with Gasteiger partial charge in [0.2, 0.25) is 10.0 Å². The van der Waals surface area contributed by atoms with E-state index in [1.165, 1.54) is 9.21 Å².